The Balaban J connectivity index is 1.60. The van der Waals surface area contributed by atoms with Crippen molar-refractivity contribution in [2.75, 3.05) is 11.4 Å². The molecular weight excluding hydrogens is 411 g/mol. The van der Waals surface area contributed by atoms with Crippen LogP contribution in [0.15, 0.2) is 54.6 Å². The summed E-state index contributed by atoms with van der Waals surface area (Å²) in [5, 5.41) is 3.89. The van der Waals surface area contributed by atoms with Crippen LogP contribution in [0.5, 0.6) is 0 Å². The molecule has 0 spiro atoms. The largest absolute Gasteiger partial charge is 0.350 e. The Bertz CT molecular complexity index is 961. The Labute approximate surface area is 187 Å². The molecule has 0 aliphatic heterocycles. The molecular formula is C24H29FN4OS. The molecule has 2 unspecified atom stereocenters. The van der Waals surface area contributed by atoms with Crippen LogP contribution < -0.4 is 10.2 Å². The summed E-state index contributed by atoms with van der Waals surface area (Å²) in [7, 11) is 0. The maximum atomic E-state index is 13.1. The van der Waals surface area contributed by atoms with Gasteiger partial charge in [-0.2, -0.15) is 4.37 Å². The molecule has 1 aromatic heterocycles. The highest BCUT2D eigenvalue weighted by Crippen LogP contribution is 2.23. The molecule has 0 aliphatic carbocycles. The lowest BCUT2D eigenvalue weighted by Crippen LogP contribution is -2.37. The number of carbonyl (C=O) groups excluding carboxylic acids is 1. The van der Waals surface area contributed by atoms with Gasteiger partial charge in [0.05, 0.1) is 6.04 Å². The second kappa shape index (κ2) is 11.0. The first kappa shape index (κ1) is 22.9. The van der Waals surface area contributed by atoms with E-state index in [9.17, 15) is 9.18 Å². The second-order valence-electron chi connectivity index (χ2n) is 7.70. The van der Waals surface area contributed by atoms with E-state index in [2.05, 4.69) is 28.4 Å². The minimum Gasteiger partial charge on any atom is -0.350 e. The lowest BCUT2D eigenvalue weighted by atomic mass is 10.1. The number of amides is 1. The first-order chi connectivity index (χ1) is 15.0. The SMILES string of the molecule is CCC(C)N(CCC(=O)NC(C)c1ccccc1)c1nc(Cc2ccc(F)cc2)ns1. The van der Waals surface area contributed by atoms with Gasteiger partial charge in [0, 0.05) is 37.0 Å². The summed E-state index contributed by atoms with van der Waals surface area (Å²) in [4.78, 5) is 19.4. The van der Waals surface area contributed by atoms with Crippen LogP contribution in [0, 0.1) is 5.82 Å². The van der Waals surface area contributed by atoms with Crippen molar-refractivity contribution in [3.63, 3.8) is 0 Å². The third kappa shape index (κ3) is 6.59. The van der Waals surface area contributed by atoms with Gasteiger partial charge in [0.1, 0.15) is 11.6 Å². The van der Waals surface area contributed by atoms with Gasteiger partial charge in [-0.05, 0) is 43.5 Å². The monoisotopic (exact) mass is 440 g/mol. The van der Waals surface area contributed by atoms with E-state index in [1.165, 1.54) is 23.7 Å². The lowest BCUT2D eigenvalue weighted by Gasteiger charge is -2.27. The summed E-state index contributed by atoms with van der Waals surface area (Å²) in [5.74, 6) is 0.473. The fourth-order valence-corrected chi connectivity index (χ4v) is 4.12. The smallest absolute Gasteiger partial charge is 0.222 e. The molecule has 2 atom stereocenters. The van der Waals surface area contributed by atoms with E-state index in [1.54, 1.807) is 12.1 Å². The quantitative estimate of drug-likeness (QED) is 0.474. The number of rotatable bonds is 10. The zero-order valence-corrected chi connectivity index (χ0v) is 19.0. The van der Waals surface area contributed by atoms with Gasteiger partial charge < -0.3 is 10.2 Å². The Morgan fingerprint density at radius 1 is 1.13 bits per heavy atom. The van der Waals surface area contributed by atoms with Crippen LogP contribution in [0.25, 0.3) is 0 Å². The molecule has 0 saturated heterocycles. The molecule has 5 nitrogen and oxygen atoms in total. The van der Waals surface area contributed by atoms with Crippen LogP contribution in [-0.4, -0.2) is 27.9 Å². The van der Waals surface area contributed by atoms with Crippen molar-refractivity contribution in [1.82, 2.24) is 14.7 Å². The second-order valence-corrected chi connectivity index (χ2v) is 8.43. The molecule has 31 heavy (non-hydrogen) atoms. The maximum absolute atomic E-state index is 13.1. The zero-order valence-electron chi connectivity index (χ0n) is 18.2. The molecule has 2 aromatic carbocycles. The number of carbonyl (C=O) groups is 1. The molecule has 1 amide bonds. The molecule has 0 bridgehead atoms. The number of anilines is 1. The van der Waals surface area contributed by atoms with Crippen molar-refractivity contribution in [2.24, 2.45) is 0 Å². The Morgan fingerprint density at radius 2 is 1.84 bits per heavy atom. The van der Waals surface area contributed by atoms with Crippen LogP contribution in [0.2, 0.25) is 0 Å². The average Bonchev–Trinajstić information content (AvgIpc) is 3.24. The van der Waals surface area contributed by atoms with Crippen LogP contribution >= 0.6 is 11.5 Å². The molecule has 1 N–H and O–H groups in total. The van der Waals surface area contributed by atoms with Crippen LogP contribution in [0.4, 0.5) is 9.52 Å². The van der Waals surface area contributed by atoms with Crippen molar-refractivity contribution < 1.29 is 9.18 Å². The van der Waals surface area contributed by atoms with Crippen molar-refractivity contribution >= 4 is 22.6 Å². The van der Waals surface area contributed by atoms with Gasteiger partial charge in [0.25, 0.3) is 0 Å². The molecule has 0 saturated carbocycles. The average molecular weight is 441 g/mol. The van der Waals surface area contributed by atoms with E-state index in [1.807, 2.05) is 37.3 Å². The third-order valence-corrected chi connectivity index (χ3v) is 6.15. The number of nitrogens with one attached hydrogen (secondary N) is 1. The highest BCUT2D eigenvalue weighted by molar-refractivity contribution is 7.09. The number of hydrogen-bond acceptors (Lipinski definition) is 5. The summed E-state index contributed by atoms with van der Waals surface area (Å²) in [6.45, 7) is 6.82. The molecule has 3 aromatic rings. The van der Waals surface area contributed by atoms with Crippen molar-refractivity contribution in [3.05, 3.63) is 77.4 Å². The standard InChI is InChI=1S/C24H29FN4OS/c1-4-17(2)29(15-14-23(30)26-18(3)20-8-6-5-7-9-20)24-27-22(28-31-24)16-19-10-12-21(25)13-11-19/h5-13,17-18H,4,14-16H2,1-3H3,(H,26,30). The maximum Gasteiger partial charge on any atom is 0.222 e. The highest BCUT2D eigenvalue weighted by atomic mass is 32.1. The van der Waals surface area contributed by atoms with Gasteiger partial charge in [-0.3, -0.25) is 4.79 Å². The van der Waals surface area contributed by atoms with E-state index < -0.39 is 0 Å². The third-order valence-electron chi connectivity index (χ3n) is 5.36. The predicted octanol–water partition coefficient (Wildman–Crippen LogP) is 5.14. The Hall–Kier alpha value is -2.80. The molecule has 7 heteroatoms. The summed E-state index contributed by atoms with van der Waals surface area (Å²) >= 11 is 1.35. The van der Waals surface area contributed by atoms with Crippen molar-refractivity contribution in [1.29, 1.82) is 0 Å². The predicted molar refractivity (Wildman–Crippen MR) is 124 cm³/mol. The van der Waals surface area contributed by atoms with E-state index in [4.69, 9.17) is 4.98 Å². The Kier molecular flexibility index (Phi) is 8.12. The van der Waals surface area contributed by atoms with Crippen LogP contribution in [0.3, 0.4) is 0 Å². The van der Waals surface area contributed by atoms with Gasteiger partial charge in [-0.15, -0.1) is 0 Å². The number of nitrogens with zero attached hydrogens (tertiary/aromatic N) is 3. The van der Waals surface area contributed by atoms with E-state index in [-0.39, 0.29) is 23.8 Å². The first-order valence-electron chi connectivity index (χ1n) is 10.6. The van der Waals surface area contributed by atoms with Crippen molar-refractivity contribution in [3.8, 4) is 0 Å². The number of benzene rings is 2. The summed E-state index contributed by atoms with van der Waals surface area (Å²) in [6.07, 6.45) is 1.88. The van der Waals surface area contributed by atoms with Crippen LogP contribution in [0.1, 0.15) is 56.6 Å². The summed E-state index contributed by atoms with van der Waals surface area (Å²) in [6, 6.07) is 16.5. The van der Waals surface area contributed by atoms with E-state index >= 15 is 0 Å². The highest BCUT2D eigenvalue weighted by Gasteiger charge is 2.19. The minimum absolute atomic E-state index is 0.0145. The van der Waals surface area contributed by atoms with Crippen molar-refractivity contribution in [2.45, 2.75) is 52.1 Å². The number of aromatic nitrogens is 2. The fraction of sp³-hybridized carbons (Fsp3) is 0.375. The molecule has 164 valence electrons. The van der Waals surface area contributed by atoms with Gasteiger partial charge in [-0.1, -0.05) is 49.4 Å². The number of hydrogen-bond donors (Lipinski definition) is 1. The first-order valence-corrected chi connectivity index (χ1v) is 11.4. The molecule has 3 rings (SSSR count). The van der Waals surface area contributed by atoms with E-state index in [0.29, 0.717) is 25.2 Å². The molecule has 1 heterocycles. The zero-order chi connectivity index (χ0) is 22.2. The van der Waals surface area contributed by atoms with E-state index in [0.717, 1.165) is 22.7 Å². The van der Waals surface area contributed by atoms with Gasteiger partial charge in [-0.25, -0.2) is 9.37 Å². The van der Waals surface area contributed by atoms with Gasteiger partial charge in [0.2, 0.25) is 11.0 Å². The normalized spacial score (nSPS) is 12.9. The lowest BCUT2D eigenvalue weighted by molar-refractivity contribution is -0.121. The summed E-state index contributed by atoms with van der Waals surface area (Å²) < 4.78 is 17.6. The topological polar surface area (TPSA) is 58.1 Å². The fourth-order valence-electron chi connectivity index (χ4n) is 3.30. The number of halogens is 1. The molecule has 0 fully saturated rings. The molecule has 0 aliphatic rings. The Morgan fingerprint density at radius 3 is 2.52 bits per heavy atom. The minimum atomic E-state index is -0.251. The van der Waals surface area contributed by atoms with Gasteiger partial charge >= 0.3 is 0 Å². The van der Waals surface area contributed by atoms with Gasteiger partial charge in [0.15, 0.2) is 0 Å². The van der Waals surface area contributed by atoms with Crippen LogP contribution in [-0.2, 0) is 11.2 Å². The summed E-state index contributed by atoms with van der Waals surface area (Å²) in [5.41, 5.74) is 2.05. The molecule has 0 radical (unpaired) electrons.